The Bertz CT molecular complexity index is 731. The lowest BCUT2D eigenvalue weighted by Crippen LogP contribution is -1.90. The van der Waals surface area contributed by atoms with E-state index >= 15 is 0 Å². The average molecular weight is 241 g/mol. The van der Waals surface area contributed by atoms with E-state index in [0.717, 1.165) is 16.6 Å². The molecule has 0 saturated heterocycles. The molecule has 2 aromatic heterocycles. The minimum absolute atomic E-state index is 0.288. The predicted molar refractivity (Wildman–Crippen MR) is 68.6 cm³/mol. The van der Waals surface area contributed by atoms with Crippen LogP contribution in [0.5, 0.6) is 0 Å². The SMILES string of the molecule is Cc1ccc2ccc(-c3cnn(C)c3)c(F)c2n1. The van der Waals surface area contributed by atoms with E-state index in [2.05, 4.69) is 10.1 Å². The second-order valence-electron chi connectivity index (χ2n) is 4.35. The zero-order valence-corrected chi connectivity index (χ0v) is 10.2. The summed E-state index contributed by atoms with van der Waals surface area (Å²) < 4.78 is 16.1. The lowest BCUT2D eigenvalue weighted by Gasteiger charge is -2.04. The Balaban J connectivity index is 2.28. The van der Waals surface area contributed by atoms with Gasteiger partial charge in [-0.2, -0.15) is 5.10 Å². The van der Waals surface area contributed by atoms with Gasteiger partial charge in [0.25, 0.3) is 0 Å². The van der Waals surface area contributed by atoms with Crippen molar-refractivity contribution in [1.29, 1.82) is 0 Å². The molecule has 3 nitrogen and oxygen atoms in total. The van der Waals surface area contributed by atoms with Gasteiger partial charge in [-0.15, -0.1) is 0 Å². The number of rotatable bonds is 1. The molecule has 0 unspecified atom stereocenters. The first-order valence-corrected chi connectivity index (χ1v) is 5.70. The normalized spacial score (nSPS) is 11.1. The number of aromatic nitrogens is 3. The van der Waals surface area contributed by atoms with Crippen LogP contribution >= 0.6 is 0 Å². The molecule has 0 atom stereocenters. The fraction of sp³-hybridized carbons (Fsp3) is 0.143. The van der Waals surface area contributed by atoms with Crippen molar-refractivity contribution >= 4 is 10.9 Å². The highest BCUT2D eigenvalue weighted by Gasteiger charge is 2.11. The van der Waals surface area contributed by atoms with E-state index in [1.165, 1.54) is 0 Å². The van der Waals surface area contributed by atoms with E-state index in [-0.39, 0.29) is 5.82 Å². The van der Waals surface area contributed by atoms with Gasteiger partial charge in [-0.05, 0) is 13.0 Å². The fourth-order valence-electron chi connectivity index (χ4n) is 2.03. The second-order valence-corrected chi connectivity index (χ2v) is 4.35. The fourth-order valence-corrected chi connectivity index (χ4v) is 2.03. The van der Waals surface area contributed by atoms with E-state index in [1.54, 1.807) is 23.1 Å². The van der Waals surface area contributed by atoms with E-state index in [9.17, 15) is 4.39 Å². The number of fused-ring (bicyclic) bond motifs is 1. The maximum atomic E-state index is 14.4. The topological polar surface area (TPSA) is 30.7 Å². The van der Waals surface area contributed by atoms with Crippen molar-refractivity contribution in [2.24, 2.45) is 7.05 Å². The van der Waals surface area contributed by atoms with Crippen molar-refractivity contribution in [3.05, 3.63) is 48.2 Å². The van der Waals surface area contributed by atoms with Crippen molar-refractivity contribution in [2.75, 3.05) is 0 Å². The standard InChI is InChI=1S/C14H12FN3/c1-9-3-4-10-5-6-12(13(15)14(10)17-9)11-7-16-18(2)8-11/h3-8H,1-2H3. The first-order chi connectivity index (χ1) is 8.65. The van der Waals surface area contributed by atoms with Crippen LogP contribution < -0.4 is 0 Å². The van der Waals surface area contributed by atoms with Crippen LogP contribution in [0.2, 0.25) is 0 Å². The van der Waals surface area contributed by atoms with Gasteiger partial charge in [-0.25, -0.2) is 4.39 Å². The molecule has 3 rings (SSSR count). The summed E-state index contributed by atoms with van der Waals surface area (Å²) in [4.78, 5) is 4.27. The Kier molecular flexibility index (Phi) is 2.37. The van der Waals surface area contributed by atoms with Gasteiger partial charge in [0.2, 0.25) is 0 Å². The first kappa shape index (κ1) is 10.9. The number of nitrogens with zero attached hydrogens (tertiary/aromatic N) is 3. The Morgan fingerprint density at radius 3 is 2.67 bits per heavy atom. The van der Waals surface area contributed by atoms with E-state index in [0.29, 0.717) is 11.1 Å². The summed E-state index contributed by atoms with van der Waals surface area (Å²) in [7, 11) is 1.81. The van der Waals surface area contributed by atoms with Gasteiger partial charge in [0.1, 0.15) is 5.52 Å². The summed E-state index contributed by atoms with van der Waals surface area (Å²) in [5, 5.41) is 4.87. The Morgan fingerprint density at radius 2 is 1.94 bits per heavy atom. The monoisotopic (exact) mass is 241 g/mol. The van der Waals surface area contributed by atoms with Gasteiger partial charge in [0.15, 0.2) is 5.82 Å². The predicted octanol–water partition coefficient (Wildman–Crippen LogP) is 3.08. The molecule has 2 heterocycles. The molecular weight excluding hydrogens is 229 g/mol. The lowest BCUT2D eigenvalue weighted by molar-refractivity contribution is 0.640. The van der Waals surface area contributed by atoms with E-state index in [1.807, 2.05) is 32.2 Å². The molecule has 0 fully saturated rings. The second kappa shape index (κ2) is 3.91. The molecule has 0 aliphatic rings. The summed E-state index contributed by atoms with van der Waals surface area (Å²) in [6.45, 7) is 1.86. The molecule has 0 amide bonds. The van der Waals surface area contributed by atoms with Crippen LogP contribution in [0.15, 0.2) is 36.7 Å². The third-order valence-electron chi connectivity index (χ3n) is 2.96. The van der Waals surface area contributed by atoms with E-state index < -0.39 is 0 Å². The highest BCUT2D eigenvalue weighted by atomic mass is 19.1. The van der Waals surface area contributed by atoms with Crippen LogP contribution in [0.4, 0.5) is 4.39 Å². The molecule has 0 bridgehead atoms. The lowest BCUT2D eigenvalue weighted by atomic mass is 10.1. The summed E-state index contributed by atoms with van der Waals surface area (Å²) in [5.74, 6) is -0.288. The minimum Gasteiger partial charge on any atom is -0.275 e. The molecule has 0 spiro atoms. The third-order valence-corrected chi connectivity index (χ3v) is 2.96. The third kappa shape index (κ3) is 1.66. The number of pyridine rings is 1. The molecule has 0 aliphatic heterocycles. The molecule has 90 valence electrons. The molecule has 1 aromatic carbocycles. The van der Waals surface area contributed by atoms with Gasteiger partial charge in [0.05, 0.1) is 6.20 Å². The largest absolute Gasteiger partial charge is 0.275 e. The Hall–Kier alpha value is -2.23. The van der Waals surface area contributed by atoms with Gasteiger partial charge in [-0.3, -0.25) is 9.67 Å². The zero-order chi connectivity index (χ0) is 12.7. The summed E-state index contributed by atoms with van der Waals surface area (Å²) in [6.07, 6.45) is 3.44. The van der Waals surface area contributed by atoms with Crippen LogP contribution in [0.1, 0.15) is 5.69 Å². The van der Waals surface area contributed by atoms with Crippen LogP contribution in [0.25, 0.3) is 22.0 Å². The van der Waals surface area contributed by atoms with Crippen molar-refractivity contribution in [3.63, 3.8) is 0 Å². The maximum Gasteiger partial charge on any atom is 0.157 e. The molecule has 18 heavy (non-hydrogen) atoms. The number of hydrogen-bond acceptors (Lipinski definition) is 2. The van der Waals surface area contributed by atoms with Crippen molar-refractivity contribution < 1.29 is 4.39 Å². The number of aryl methyl sites for hydroxylation is 2. The van der Waals surface area contributed by atoms with E-state index in [4.69, 9.17) is 0 Å². The van der Waals surface area contributed by atoms with Gasteiger partial charge < -0.3 is 0 Å². The van der Waals surface area contributed by atoms with Crippen molar-refractivity contribution in [1.82, 2.24) is 14.8 Å². The highest BCUT2D eigenvalue weighted by molar-refractivity contribution is 5.85. The van der Waals surface area contributed by atoms with Crippen LogP contribution in [-0.2, 0) is 7.05 Å². The average Bonchev–Trinajstić information content (AvgIpc) is 2.77. The molecule has 0 saturated carbocycles. The Morgan fingerprint density at radius 1 is 1.17 bits per heavy atom. The minimum atomic E-state index is -0.288. The van der Waals surface area contributed by atoms with Crippen LogP contribution in [0, 0.1) is 12.7 Å². The van der Waals surface area contributed by atoms with Gasteiger partial charge in [0, 0.05) is 35.5 Å². The first-order valence-electron chi connectivity index (χ1n) is 5.70. The molecule has 4 heteroatoms. The molecule has 0 radical (unpaired) electrons. The van der Waals surface area contributed by atoms with Crippen LogP contribution in [0.3, 0.4) is 0 Å². The van der Waals surface area contributed by atoms with Gasteiger partial charge in [-0.1, -0.05) is 18.2 Å². The Labute approximate surface area is 104 Å². The van der Waals surface area contributed by atoms with Crippen molar-refractivity contribution in [3.8, 4) is 11.1 Å². The van der Waals surface area contributed by atoms with Gasteiger partial charge >= 0.3 is 0 Å². The smallest absolute Gasteiger partial charge is 0.157 e. The number of halogens is 1. The quantitative estimate of drug-likeness (QED) is 0.655. The van der Waals surface area contributed by atoms with Crippen molar-refractivity contribution in [2.45, 2.75) is 6.92 Å². The summed E-state index contributed by atoms with van der Waals surface area (Å²) in [6, 6.07) is 7.41. The molecule has 0 N–H and O–H groups in total. The maximum absolute atomic E-state index is 14.4. The van der Waals surface area contributed by atoms with Crippen LogP contribution in [-0.4, -0.2) is 14.8 Å². The summed E-state index contributed by atoms with van der Waals surface area (Å²) >= 11 is 0. The zero-order valence-electron chi connectivity index (χ0n) is 10.2. The molecule has 0 aliphatic carbocycles. The summed E-state index contributed by atoms with van der Waals surface area (Å²) in [5.41, 5.74) is 2.52. The highest BCUT2D eigenvalue weighted by Crippen LogP contribution is 2.27. The number of hydrogen-bond donors (Lipinski definition) is 0. The molecular formula is C14H12FN3. The number of benzene rings is 1. The molecule has 3 aromatic rings.